The van der Waals surface area contributed by atoms with E-state index in [2.05, 4.69) is 68.7 Å². The molecule has 0 aliphatic heterocycles. The normalized spacial score (nSPS) is 17.5. The van der Waals surface area contributed by atoms with Crippen LogP contribution < -0.4 is 5.32 Å². The summed E-state index contributed by atoms with van der Waals surface area (Å²) in [6.07, 6.45) is 2.40. The molecule has 0 heterocycles. The molecule has 1 atom stereocenters. The molecular weight excluding hydrogens is 242 g/mol. The highest BCUT2D eigenvalue weighted by atomic mass is 14.9. The summed E-state index contributed by atoms with van der Waals surface area (Å²) in [6.45, 7) is 4.49. The molecule has 1 N–H and O–H groups in total. The van der Waals surface area contributed by atoms with E-state index >= 15 is 0 Å². The maximum absolute atomic E-state index is 3.42. The monoisotopic (exact) mass is 265 g/mol. The van der Waals surface area contributed by atoms with Crippen LogP contribution in [-0.2, 0) is 6.42 Å². The minimum Gasteiger partial charge on any atom is -0.313 e. The Labute approximate surface area is 122 Å². The molecular formula is C19H23N. The molecule has 20 heavy (non-hydrogen) atoms. The Balaban J connectivity index is 2.01. The zero-order valence-electron chi connectivity index (χ0n) is 12.6. The van der Waals surface area contributed by atoms with Crippen LogP contribution in [0.25, 0.3) is 11.1 Å². The standard InChI is InChI=1S/C19H23N/c1-13(2)14-7-9-15(10-8-14)16-5-4-6-18-17(16)11-12-19(18)20-3/h4-10,13,19-20H,11-12H2,1-3H3. The zero-order valence-corrected chi connectivity index (χ0v) is 12.6. The van der Waals surface area contributed by atoms with Crippen LogP contribution in [0.4, 0.5) is 0 Å². The Kier molecular flexibility index (Phi) is 3.62. The summed E-state index contributed by atoms with van der Waals surface area (Å²) in [5.74, 6) is 0.596. The molecule has 0 saturated heterocycles. The van der Waals surface area contributed by atoms with Gasteiger partial charge >= 0.3 is 0 Å². The number of rotatable bonds is 3. The first-order valence-corrected chi connectivity index (χ1v) is 7.60. The van der Waals surface area contributed by atoms with E-state index < -0.39 is 0 Å². The molecule has 1 aliphatic carbocycles. The fraction of sp³-hybridized carbons (Fsp3) is 0.368. The van der Waals surface area contributed by atoms with Gasteiger partial charge in [0.05, 0.1) is 0 Å². The van der Waals surface area contributed by atoms with Crippen molar-refractivity contribution in [3.8, 4) is 11.1 Å². The van der Waals surface area contributed by atoms with Gasteiger partial charge in [0.2, 0.25) is 0 Å². The maximum atomic E-state index is 3.42. The Morgan fingerprint density at radius 3 is 2.45 bits per heavy atom. The van der Waals surface area contributed by atoms with Crippen molar-refractivity contribution in [3.63, 3.8) is 0 Å². The van der Waals surface area contributed by atoms with Crippen LogP contribution >= 0.6 is 0 Å². The van der Waals surface area contributed by atoms with E-state index in [0.29, 0.717) is 12.0 Å². The number of hydrogen-bond donors (Lipinski definition) is 1. The van der Waals surface area contributed by atoms with Crippen LogP contribution in [0.1, 0.15) is 48.9 Å². The van der Waals surface area contributed by atoms with Gasteiger partial charge in [-0.1, -0.05) is 56.3 Å². The summed E-state index contributed by atoms with van der Waals surface area (Å²) in [7, 11) is 2.06. The van der Waals surface area contributed by atoms with Gasteiger partial charge in [0.1, 0.15) is 0 Å². The lowest BCUT2D eigenvalue weighted by Crippen LogP contribution is -2.12. The van der Waals surface area contributed by atoms with Gasteiger partial charge in [-0.3, -0.25) is 0 Å². The topological polar surface area (TPSA) is 12.0 Å². The van der Waals surface area contributed by atoms with Crippen molar-refractivity contribution < 1.29 is 0 Å². The maximum Gasteiger partial charge on any atom is 0.0323 e. The first-order valence-electron chi connectivity index (χ1n) is 7.60. The second-order valence-corrected chi connectivity index (χ2v) is 6.03. The lowest BCUT2D eigenvalue weighted by Gasteiger charge is -2.13. The molecule has 1 heteroatoms. The number of fused-ring (bicyclic) bond motifs is 1. The molecule has 0 amide bonds. The minimum absolute atomic E-state index is 0.528. The Morgan fingerprint density at radius 2 is 1.80 bits per heavy atom. The number of benzene rings is 2. The average Bonchev–Trinajstić information content (AvgIpc) is 2.90. The smallest absolute Gasteiger partial charge is 0.0323 e. The lowest BCUT2D eigenvalue weighted by molar-refractivity contribution is 0.590. The molecule has 1 nitrogen and oxygen atoms in total. The van der Waals surface area contributed by atoms with E-state index in [1.807, 2.05) is 0 Å². The zero-order chi connectivity index (χ0) is 14.1. The summed E-state index contributed by atoms with van der Waals surface area (Å²) < 4.78 is 0. The fourth-order valence-electron chi connectivity index (χ4n) is 3.27. The molecule has 1 unspecified atom stereocenters. The van der Waals surface area contributed by atoms with Crippen LogP contribution in [0.15, 0.2) is 42.5 Å². The molecule has 0 spiro atoms. The van der Waals surface area contributed by atoms with Gasteiger partial charge in [-0.15, -0.1) is 0 Å². The molecule has 3 rings (SSSR count). The largest absolute Gasteiger partial charge is 0.313 e. The third kappa shape index (κ3) is 2.27. The Hall–Kier alpha value is -1.60. The average molecular weight is 265 g/mol. The molecule has 0 fully saturated rings. The summed E-state index contributed by atoms with van der Waals surface area (Å²) in [5.41, 5.74) is 7.19. The third-order valence-electron chi connectivity index (χ3n) is 4.51. The highest BCUT2D eigenvalue weighted by Gasteiger charge is 2.23. The van der Waals surface area contributed by atoms with Gasteiger partial charge in [-0.05, 0) is 53.6 Å². The Morgan fingerprint density at radius 1 is 1.05 bits per heavy atom. The minimum atomic E-state index is 0.528. The van der Waals surface area contributed by atoms with E-state index in [0.717, 1.165) is 0 Å². The van der Waals surface area contributed by atoms with Gasteiger partial charge in [0.15, 0.2) is 0 Å². The molecule has 1 aliphatic rings. The van der Waals surface area contributed by atoms with Crippen molar-refractivity contribution in [2.24, 2.45) is 0 Å². The lowest BCUT2D eigenvalue weighted by atomic mass is 9.94. The van der Waals surface area contributed by atoms with E-state index in [4.69, 9.17) is 0 Å². The molecule has 0 radical (unpaired) electrons. The SMILES string of the molecule is CNC1CCc2c(-c3ccc(C(C)C)cc3)cccc21. The van der Waals surface area contributed by atoms with Gasteiger partial charge < -0.3 is 5.32 Å². The first kappa shape index (κ1) is 13.4. The second kappa shape index (κ2) is 5.41. The van der Waals surface area contributed by atoms with Gasteiger partial charge in [-0.25, -0.2) is 0 Å². The summed E-state index contributed by atoms with van der Waals surface area (Å²) in [6, 6.07) is 16.3. The van der Waals surface area contributed by atoms with Crippen molar-refractivity contribution >= 4 is 0 Å². The van der Waals surface area contributed by atoms with Gasteiger partial charge in [0.25, 0.3) is 0 Å². The fourth-order valence-corrected chi connectivity index (χ4v) is 3.27. The van der Waals surface area contributed by atoms with Crippen LogP contribution in [0.5, 0.6) is 0 Å². The van der Waals surface area contributed by atoms with Crippen molar-refractivity contribution in [2.75, 3.05) is 7.05 Å². The van der Waals surface area contributed by atoms with E-state index in [-0.39, 0.29) is 0 Å². The molecule has 0 aromatic heterocycles. The summed E-state index contributed by atoms with van der Waals surface area (Å²) >= 11 is 0. The molecule has 2 aromatic rings. The van der Waals surface area contributed by atoms with Crippen LogP contribution in [0.2, 0.25) is 0 Å². The van der Waals surface area contributed by atoms with Crippen LogP contribution in [0.3, 0.4) is 0 Å². The molecule has 2 aromatic carbocycles. The summed E-state index contributed by atoms with van der Waals surface area (Å²) in [4.78, 5) is 0. The molecule has 0 bridgehead atoms. The number of hydrogen-bond acceptors (Lipinski definition) is 1. The van der Waals surface area contributed by atoms with Crippen molar-refractivity contribution in [1.82, 2.24) is 5.32 Å². The quantitative estimate of drug-likeness (QED) is 0.849. The predicted molar refractivity (Wildman–Crippen MR) is 86.1 cm³/mol. The second-order valence-electron chi connectivity index (χ2n) is 6.03. The first-order chi connectivity index (χ1) is 9.70. The van der Waals surface area contributed by atoms with Gasteiger partial charge in [-0.2, -0.15) is 0 Å². The molecule has 0 saturated carbocycles. The molecule has 104 valence electrons. The number of nitrogens with one attached hydrogen (secondary N) is 1. The Bertz CT molecular complexity index is 596. The van der Waals surface area contributed by atoms with Crippen LogP contribution in [-0.4, -0.2) is 7.05 Å². The van der Waals surface area contributed by atoms with Crippen LogP contribution in [0, 0.1) is 0 Å². The third-order valence-corrected chi connectivity index (χ3v) is 4.51. The van der Waals surface area contributed by atoms with E-state index in [1.54, 1.807) is 0 Å². The summed E-state index contributed by atoms with van der Waals surface area (Å²) in [5, 5.41) is 3.42. The van der Waals surface area contributed by atoms with Crippen molar-refractivity contribution in [1.29, 1.82) is 0 Å². The predicted octanol–water partition coefficient (Wildman–Crippen LogP) is 4.68. The van der Waals surface area contributed by atoms with Crippen molar-refractivity contribution in [3.05, 3.63) is 59.2 Å². The van der Waals surface area contributed by atoms with E-state index in [1.165, 1.54) is 40.7 Å². The highest BCUT2D eigenvalue weighted by Crippen LogP contribution is 2.37. The van der Waals surface area contributed by atoms with Crippen molar-refractivity contribution in [2.45, 2.75) is 38.6 Å². The van der Waals surface area contributed by atoms with Gasteiger partial charge in [0, 0.05) is 6.04 Å². The van der Waals surface area contributed by atoms with E-state index in [9.17, 15) is 0 Å². The highest BCUT2D eigenvalue weighted by molar-refractivity contribution is 5.70.